The van der Waals surface area contributed by atoms with Gasteiger partial charge in [0, 0.05) is 37.3 Å². The first-order valence-corrected chi connectivity index (χ1v) is 8.74. The second-order valence-corrected chi connectivity index (χ2v) is 6.64. The van der Waals surface area contributed by atoms with Gasteiger partial charge in [-0.1, -0.05) is 24.3 Å². The highest BCUT2D eigenvalue weighted by Crippen LogP contribution is 2.20. The number of para-hydroxylation sites is 1. The molecule has 0 radical (unpaired) electrons. The van der Waals surface area contributed by atoms with E-state index in [0.29, 0.717) is 5.82 Å². The van der Waals surface area contributed by atoms with Crippen molar-refractivity contribution in [2.24, 2.45) is 0 Å². The lowest BCUT2D eigenvalue weighted by Crippen LogP contribution is -2.46. The van der Waals surface area contributed by atoms with E-state index in [1.807, 2.05) is 24.3 Å². The van der Waals surface area contributed by atoms with E-state index in [9.17, 15) is 0 Å². The molecule has 1 aromatic heterocycles. The van der Waals surface area contributed by atoms with E-state index in [0.717, 1.165) is 49.5 Å². The van der Waals surface area contributed by atoms with Crippen molar-refractivity contribution in [2.75, 3.05) is 36.8 Å². The van der Waals surface area contributed by atoms with E-state index in [1.165, 1.54) is 11.3 Å². The van der Waals surface area contributed by atoms with Gasteiger partial charge < -0.3 is 10.6 Å². The Hall–Kier alpha value is -2.66. The average molecular weight is 333 g/mol. The van der Waals surface area contributed by atoms with E-state index in [1.54, 1.807) is 0 Å². The molecule has 5 heteroatoms. The highest BCUT2D eigenvalue weighted by molar-refractivity contribution is 5.87. The van der Waals surface area contributed by atoms with Gasteiger partial charge in [-0.3, -0.25) is 4.90 Å². The third kappa shape index (κ3) is 3.42. The molecule has 25 heavy (non-hydrogen) atoms. The first-order valence-electron chi connectivity index (χ1n) is 8.74. The molecule has 1 saturated heterocycles. The fourth-order valence-electron chi connectivity index (χ4n) is 3.41. The van der Waals surface area contributed by atoms with Crippen LogP contribution < -0.4 is 10.6 Å². The molecule has 1 aliphatic heterocycles. The molecule has 3 aromatic rings. The molecule has 1 fully saturated rings. The number of benzene rings is 2. The molecule has 0 atom stereocenters. The SMILES string of the molecule is Cc1cccc(N2CCN(Cc3nc(N)c4ccccc4n3)CC2)c1. The van der Waals surface area contributed by atoms with Gasteiger partial charge in [-0.2, -0.15) is 0 Å². The van der Waals surface area contributed by atoms with Crippen LogP contribution in [-0.4, -0.2) is 41.0 Å². The van der Waals surface area contributed by atoms with Crippen LogP contribution in [0.15, 0.2) is 48.5 Å². The van der Waals surface area contributed by atoms with E-state index in [-0.39, 0.29) is 0 Å². The lowest BCUT2D eigenvalue weighted by atomic mass is 10.2. The molecule has 0 saturated carbocycles. The molecule has 2 aromatic carbocycles. The summed E-state index contributed by atoms with van der Waals surface area (Å²) in [5.41, 5.74) is 9.63. The summed E-state index contributed by atoms with van der Waals surface area (Å²) >= 11 is 0. The van der Waals surface area contributed by atoms with Gasteiger partial charge in [-0.05, 0) is 36.8 Å². The van der Waals surface area contributed by atoms with Gasteiger partial charge in [0.25, 0.3) is 0 Å². The molecular formula is C20H23N5. The van der Waals surface area contributed by atoms with Gasteiger partial charge in [-0.25, -0.2) is 9.97 Å². The second kappa shape index (κ2) is 6.69. The van der Waals surface area contributed by atoms with Crippen LogP contribution in [0.1, 0.15) is 11.4 Å². The van der Waals surface area contributed by atoms with Gasteiger partial charge in [0.1, 0.15) is 11.6 Å². The normalized spacial score (nSPS) is 15.6. The maximum absolute atomic E-state index is 6.10. The summed E-state index contributed by atoms with van der Waals surface area (Å²) in [6.07, 6.45) is 0. The minimum atomic E-state index is 0.569. The van der Waals surface area contributed by atoms with Crippen molar-refractivity contribution in [2.45, 2.75) is 13.5 Å². The molecule has 0 bridgehead atoms. The second-order valence-electron chi connectivity index (χ2n) is 6.64. The highest BCUT2D eigenvalue weighted by Gasteiger charge is 2.18. The Morgan fingerprint density at radius 3 is 2.56 bits per heavy atom. The molecule has 0 amide bonds. The first kappa shape index (κ1) is 15.8. The fourth-order valence-corrected chi connectivity index (χ4v) is 3.41. The minimum absolute atomic E-state index is 0.569. The van der Waals surface area contributed by atoms with Gasteiger partial charge in [0.15, 0.2) is 0 Å². The summed E-state index contributed by atoms with van der Waals surface area (Å²) in [5.74, 6) is 1.37. The van der Waals surface area contributed by atoms with E-state index in [4.69, 9.17) is 5.73 Å². The predicted molar refractivity (Wildman–Crippen MR) is 103 cm³/mol. The molecule has 0 spiro atoms. The number of piperazine rings is 1. The maximum Gasteiger partial charge on any atom is 0.145 e. The quantitative estimate of drug-likeness (QED) is 0.799. The van der Waals surface area contributed by atoms with Crippen LogP contribution >= 0.6 is 0 Å². The maximum atomic E-state index is 6.10. The number of aryl methyl sites for hydroxylation is 1. The Morgan fingerprint density at radius 1 is 0.960 bits per heavy atom. The van der Waals surface area contributed by atoms with Crippen molar-refractivity contribution in [1.29, 1.82) is 0 Å². The third-order valence-electron chi connectivity index (χ3n) is 4.78. The molecule has 5 nitrogen and oxygen atoms in total. The summed E-state index contributed by atoms with van der Waals surface area (Å²) in [6, 6.07) is 16.6. The Kier molecular flexibility index (Phi) is 4.24. The highest BCUT2D eigenvalue weighted by atomic mass is 15.3. The first-order chi connectivity index (χ1) is 12.2. The Morgan fingerprint density at radius 2 is 1.76 bits per heavy atom. The van der Waals surface area contributed by atoms with E-state index < -0.39 is 0 Å². The average Bonchev–Trinajstić information content (AvgIpc) is 2.62. The monoisotopic (exact) mass is 333 g/mol. The van der Waals surface area contributed by atoms with Crippen LogP contribution in [0.2, 0.25) is 0 Å². The van der Waals surface area contributed by atoms with Gasteiger partial charge in [-0.15, -0.1) is 0 Å². The Labute approximate surface area is 148 Å². The number of hydrogen-bond donors (Lipinski definition) is 1. The summed E-state index contributed by atoms with van der Waals surface area (Å²) in [5, 5.41) is 0.926. The molecule has 0 aliphatic carbocycles. The number of fused-ring (bicyclic) bond motifs is 1. The molecule has 128 valence electrons. The molecule has 1 aliphatic rings. The lowest BCUT2D eigenvalue weighted by molar-refractivity contribution is 0.244. The van der Waals surface area contributed by atoms with Gasteiger partial charge in [0.05, 0.1) is 12.1 Å². The van der Waals surface area contributed by atoms with Gasteiger partial charge in [0.2, 0.25) is 0 Å². The van der Waals surface area contributed by atoms with Crippen LogP contribution in [-0.2, 0) is 6.54 Å². The standard InChI is InChI=1S/C20H23N5/c1-15-5-4-6-16(13-15)25-11-9-24(10-12-25)14-19-22-18-8-3-2-7-17(18)20(21)23-19/h2-8,13H,9-12,14H2,1H3,(H2,21,22,23). The Bertz CT molecular complexity index is 884. The zero-order valence-corrected chi connectivity index (χ0v) is 14.5. The lowest BCUT2D eigenvalue weighted by Gasteiger charge is -2.35. The number of nitrogens with zero attached hydrogens (tertiary/aromatic N) is 4. The predicted octanol–water partition coefficient (Wildman–Crippen LogP) is 2.84. The van der Waals surface area contributed by atoms with Crippen molar-refractivity contribution in [1.82, 2.24) is 14.9 Å². The van der Waals surface area contributed by atoms with Crippen molar-refractivity contribution in [3.8, 4) is 0 Å². The van der Waals surface area contributed by atoms with Crippen LogP contribution in [0.5, 0.6) is 0 Å². The van der Waals surface area contributed by atoms with Crippen molar-refractivity contribution >= 4 is 22.4 Å². The summed E-state index contributed by atoms with van der Waals surface area (Å²) in [6.45, 7) is 6.94. The van der Waals surface area contributed by atoms with Crippen LogP contribution in [0.3, 0.4) is 0 Å². The number of rotatable bonds is 3. The van der Waals surface area contributed by atoms with Crippen molar-refractivity contribution < 1.29 is 0 Å². The molecule has 0 unspecified atom stereocenters. The minimum Gasteiger partial charge on any atom is -0.383 e. The summed E-state index contributed by atoms with van der Waals surface area (Å²) in [7, 11) is 0. The van der Waals surface area contributed by atoms with Crippen LogP contribution in [0, 0.1) is 6.92 Å². The molecular weight excluding hydrogens is 310 g/mol. The van der Waals surface area contributed by atoms with E-state index >= 15 is 0 Å². The van der Waals surface area contributed by atoms with Gasteiger partial charge >= 0.3 is 0 Å². The summed E-state index contributed by atoms with van der Waals surface area (Å²) in [4.78, 5) is 14.0. The molecule has 4 rings (SSSR count). The fraction of sp³-hybridized carbons (Fsp3) is 0.300. The Balaban J connectivity index is 1.43. The largest absolute Gasteiger partial charge is 0.383 e. The number of hydrogen-bond acceptors (Lipinski definition) is 5. The van der Waals surface area contributed by atoms with E-state index in [2.05, 4.69) is 51.0 Å². The molecule has 2 N–H and O–H groups in total. The third-order valence-corrected chi connectivity index (χ3v) is 4.78. The van der Waals surface area contributed by atoms with Crippen molar-refractivity contribution in [3.63, 3.8) is 0 Å². The zero-order chi connectivity index (χ0) is 17.2. The number of aromatic nitrogens is 2. The smallest absolute Gasteiger partial charge is 0.145 e. The van der Waals surface area contributed by atoms with Crippen LogP contribution in [0.4, 0.5) is 11.5 Å². The van der Waals surface area contributed by atoms with Crippen LogP contribution in [0.25, 0.3) is 10.9 Å². The number of nitrogen functional groups attached to an aromatic ring is 1. The van der Waals surface area contributed by atoms with Crippen molar-refractivity contribution in [3.05, 3.63) is 59.9 Å². The summed E-state index contributed by atoms with van der Waals surface area (Å²) < 4.78 is 0. The number of nitrogens with two attached hydrogens (primary N) is 1. The molecule has 2 heterocycles. The number of anilines is 2. The zero-order valence-electron chi connectivity index (χ0n) is 14.5. The topological polar surface area (TPSA) is 58.3 Å².